The van der Waals surface area contributed by atoms with Crippen LogP contribution in [0.25, 0.3) is 22.4 Å². The zero-order valence-electron chi connectivity index (χ0n) is 18.4. The lowest BCUT2D eigenvalue weighted by Crippen LogP contribution is -2.15. The van der Waals surface area contributed by atoms with E-state index in [1.54, 1.807) is 12.1 Å². The molecular formula is C24H14F5N7O. The summed E-state index contributed by atoms with van der Waals surface area (Å²) in [7, 11) is 0. The number of amides is 1. The molecule has 5 aromatic rings. The van der Waals surface area contributed by atoms with Gasteiger partial charge in [-0.2, -0.15) is 13.2 Å². The highest BCUT2D eigenvalue weighted by Crippen LogP contribution is 2.32. The SMILES string of the molecule is O=C(Nc1cc(Nc2ncccc2-c2ncnc3[nH]cnc23)ccc1F)c1cc(F)cc(C(F)(F)F)c1. The normalized spacial score (nSPS) is 11.5. The first-order valence-electron chi connectivity index (χ1n) is 10.5. The number of nitrogens with zero attached hydrogens (tertiary/aromatic N) is 4. The first kappa shape index (κ1) is 23.8. The van der Waals surface area contributed by atoms with E-state index in [1.807, 2.05) is 0 Å². The van der Waals surface area contributed by atoms with Gasteiger partial charge in [0.15, 0.2) is 5.65 Å². The van der Waals surface area contributed by atoms with Crippen LogP contribution in [0.15, 0.2) is 67.4 Å². The van der Waals surface area contributed by atoms with Crippen LogP contribution in [0, 0.1) is 11.6 Å². The standard InChI is InChI=1S/C24H14F5N7O/c25-14-7-12(6-13(8-14)24(27,28)29)23(37)36-18-9-15(3-4-17(18)26)35-21-16(2-1-5-30-21)19-20-22(33-10-31-19)34-11-32-20/h1-11H,(H,30,35)(H,36,37)(H,31,32,33,34). The van der Waals surface area contributed by atoms with E-state index in [0.29, 0.717) is 46.1 Å². The van der Waals surface area contributed by atoms with Crippen molar-refractivity contribution in [3.05, 3.63) is 90.1 Å². The van der Waals surface area contributed by atoms with E-state index in [-0.39, 0.29) is 11.8 Å². The smallest absolute Gasteiger partial charge is 0.340 e. The van der Waals surface area contributed by atoms with Crippen molar-refractivity contribution in [3.8, 4) is 11.3 Å². The summed E-state index contributed by atoms with van der Waals surface area (Å²) in [6.45, 7) is 0. The number of alkyl halides is 3. The summed E-state index contributed by atoms with van der Waals surface area (Å²) in [4.78, 5) is 32.3. The lowest BCUT2D eigenvalue weighted by Gasteiger charge is -2.13. The molecule has 0 aliphatic heterocycles. The number of hydrogen-bond donors (Lipinski definition) is 3. The molecular weight excluding hydrogens is 497 g/mol. The van der Waals surface area contributed by atoms with Crippen LogP contribution in [0.5, 0.6) is 0 Å². The Morgan fingerprint density at radius 2 is 1.78 bits per heavy atom. The van der Waals surface area contributed by atoms with Crippen LogP contribution >= 0.6 is 0 Å². The average Bonchev–Trinajstić information content (AvgIpc) is 3.35. The number of imidazole rings is 1. The Kier molecular flexibility index (Phi) is 5.95. The maximum Gasteiger partial charge on any atom is 0.416 e. The molecule has 3 heterocycles. The molecule has 0 fully saturated rings. The summed E-state index contributed by atoms with van der Waals surface area (Å²) in [5.41, 5.74) is 0.0222. The molecule has 1 amide bonds. The van der Waals surface area contributed by atoms with Gasteiger partial charge in [0.25, 0.3) is 5.91 Å². The Labute approximate surface area is 204 Å². The molecule has 0 radical (unpaired) electrons. The van der Waals surface area contributed by atoms with Gasteiger partial charge in [-0.3, -0.25) is 4.79 Å². The van der Waals surface area contributed by atoms with Gasteiger partial charge in [-0.15, -0.1) is 0 Å². The van der Waals surface area contributed by atoms with Crippen molar-refractivity contribution in [1.82, 2.24) is 24.9 Å². The topological polar surface area (TPSA) is 108 Å². The number of benzene rings is 2. The second kappa shape index (κ2) is 9.26. The highest BCUT2D eigenvalue weighted by molar-refractivity contribution is 6.04. The van der Waals surface area contributed by atoms with Gasteiger partial charge in [-0.1, -0.05) is 0 Å². The minimum Gasteiger partial charge on any atom is -0.340 e. The Bertz CT molecular complexity index is 1630. The third-order valence-electron chi connectivity index (χ3n) is 5.24. The number of aromatic amines is 1. The average molecular weight is 511 g/mol. The van der Waals surface area contributed by atoms with Crippen LogP contribution in [0.4, 0.5) is 39.1 Å². The number of aromatic nitrogens is 5. The maximum atomic E-state index is 14.5. The highest BCUT2D eigenvalue weighted by atomic mass is 19.4. The van der Waals surface area contributed by atoms with Crippen molar-refractivity contribution in [2.24, 2.45) is 0 Å². The third-order valence-corrected chi connectivity index (χ3v) is 5.24. The van der Waals surface area contributed by atoms with Gasteiger partial charge in [0.2, 0.25) is 0 Å². The van der Waals surface area contributed by atoms with Crippen LogP contribution < -0.4 is 10.6 Å². The summed E-state index contributed by atoms with van der Waals surface area (Å²) in [5, 5.41) is 5.19. The van der Waals surface area contributed by atoms with Gasteiger partial charge in [-0.05, 0) is 48.5 Å². The van der Waals surface area contributed by atoms with E-state index in [0.717, 1.165) is 6.07 Å². The van der Waals surface area contributed by atoms with Crippen LogP contribution in [-0.4, -0.2) is 30.8 Å². The molecule has 3 aromatic heterocycles. The fourth-order valence-electron chi connectivity index (χ4n) is 3.57. The first-order chi connectivity index (χ1) is 17.7. The number of nitrogens with one attached hydrogen (secondary N) is 3. The van der Waals surface area contributed by atoms with Gasteiger partial charge in [0, 0.05) is 23.0 Å². The Hall–Kier alpha value is -4.94. The quantitative estimate of drug-likeness (QED) is 0.261. The van der Waals surface area contributed by atoms with Crippen molar-refractivity contribution in [3.63, 3.8) is 0 Å². The van der Waals surface area contributed by atoms with E-state index in [1.165, 1.54) is 31.0 Å². The van der Waals surface area contributed by atoms with Crippen molar-refractivity contribution in [2.45, 2.75) is 6.18 Å². The summed E-state index contributed by atoms with van der Waals surface area (Å²) in [5.74, 6) is -2.91. The second-order valence-corrected chi connectivity index (χ2v) is 7.72. The molecule has 186 valence electrons. The van der Waals surface area contributed by atoms with E-state index in [9.17, 15) is 26.7 Å². The summed E-state index contributed by atoms with van der Waals surface area (Å²) in [6.07, 6.45) is -0.521. The fraction of sp³-hybridized carbons (Fsp3) is 0.0417. The molecule has 0 aliphatic carbocycles. The molecule has 13 heteroatoms. The van der Waals surface area contributed by atoms with E-state index >= 15 is 0 Å². The minimum atomic E-state index is -4.86. The van der Waals surface area contributed by atoms with Gasteiger partial charge in [0.1, 0.15) is 35.0 Å². The van der Waals surface area contributed by atoms with E-state index in [2.05, 4.69) is 35.6 Å². The van der Waals surface area contributed by atoms with E-state index < -0.39 is 34.8 Å². The predicted octanol–water partition coefficient (Wildman–Crippen LogP) is 5.71. The van der Waals surface area contributed by atoms with Crippen molar-refractivity contribution in [2.75, 3.05) is 10.6 Å². The molecule has 37 heavy (non-hydrogen) atoms. The number of anilines is 3. The lowest BCUT2D eigenvalue weighted by molar-refractivity contribution is -0.137. The molecule has 0 bridgehead atoms. The number of pyridine rings is 1. The Morgan fingerprint density at radius 3 is 2.59 bits per heavy atom. The zero-order chi connectivity index (χ0) is 26.2. The third kappa shape index (κ3) is 4.91. The number of fused-ring (bicyclic) bond motifs is 1. The molecule has 0 atom stereocenters. The number of carbonyl (C=O) groups is 1. The first-order valence-corrected chi connectivity index (χ1v) is 10.5. The Balaban J connectivity index is 1.44. The van der Waals surface area contributed by atoms with Crippen molar-refractivity contribution >= 4 is 34.3 Å². The molecule has 0 aliphatic rings. The summed E-state index contributed by atoms with van der Waals surface area (Å²) < 4.78 is 67.2. The van der Waals surface area contributed by atoms with Crippen LogP contribution in [-0.2, 0) is 6.18 Å². The number of hydrogen-bond acceptors (Lipinski definition) is 6. The predicted molar refractivity (Wildman–Crippen MR) is 124 cm³/mol. The van der Waals surface area contributed by atoms with Crippen LogP contribution in [0.2, 0.25) is 0 Å². The molecule has 2 aromatic carbocycles. The monoisotopic (exact) mass is 511 g/mol. The lowest BCUT2D eigenvalue weighted by atomic mass is 10.1. The zero-order valence-corrected chi connectivity index (χ0v) is 18.4. The minimum absolute atomic E-state index is 0.265. The molecule has 0 saturated carbocycles. The van der Waals surface area contributed by atoms with Gasteiger partial charge in [-0.25, -0.2) is 28.7 Å². The van der Waals surface area contributed by atoms with Crippen LogP contribution in [0.1, 0.15) is 15.9 Å². The van der Waals surface area contributed by atoms with Gasteiger partial charge >= 0.3 is 6.18 Å². The molecule has 3 N–H and O–H groups in total. The van der Waals surface area contributed by atoms with Gasteiger partial charge < -0.3 is 15.6 Å². The number of halogens is 5. The fourth-order valence-corrected chi connectivity index (χ4v) is 3.57. The molecule has 5 rings (SSSR count). The second-order valence-electron chi connectivity index (χ2n) is 7.72. The molecule has 0 spiro atoms. The largest absolute Gasteiger partial charge is 0.416 e. The van der Waals surface area contributed by atoms with Crippen molar-refractivity contribution < 1.29 is 26.7 Å². The highest BCUT2D eigenvalue weighted by Gasteiger charge is 2.32. The van der Waals surface area contributed by atoms with Crippen molar-refractivity contribution in [1.29, 1.82) is 0 Å². The summed E-state index contributed by atoms with van der Waals surface area (Å²) in [6, 6.07) is 8.44. The number of H-pyrrole nitrogens is 1. The van der Waals surface area contributed by atoms with Crippen LogP contribution in [0.3, 0.4) is 0 Å². The Morgan fingerprint density at radius 1 is 0.946 bits per heavy atom. The van der Waals surface area contributed by atoms with Gasteiger partial charge in [0.05, 0.1) is 17.6 Å². The molecule has 0 saturated heterocycles. The molecule has 0 unspecified atom stereocenters. The molecule has 8 nitrogen and oxygen atoms in total. The summed E-state index contributed by atoms with van der Waals surface area (Å²) >= 11 is 0. The number of rotatable bonds is 5. The number of carbonyl (C=O) groups excluding carboxylic acids is 1. The van der Waals surface area contributed by atoms with E-state index in [4.69, 9.17) is 0 Å². The maximum absolute atomic E-state index is 14.5.